The number of nitrogens with zero attached hydrogens (tertiary/aromatic N) is 3. The fourth-order valence-electron chi connectivity index (χ4n) is 4.62. The van der Waals surface area contributed by atoms with E-state index in [-0.39, 0.29) is 5.91 Å². The number of carbonyl (C=O) groups excluding carboxylic acids is 1. The summed E-state index contributed by atoms with van der Waals surface area (Å²) < 4.78 is 11.5. The van der Waals surface area contributed by atoms with Crippen molar-refractivity contribution in [1.82, 2.24) is 20.2 Å². The van der Waals surface area contributed by atoms with Gasteiger partial charge in [0.1, 0.15) is 5.69 Å². The monoisotopic (exact) mass is 487 g/mol. The van der Waals surface area contributed by atoms with E-state index in [1.807, 2.05) is 53.4 Å². The number of hydrogen-bond donors (Lipinski definition) is 2. The number of carbonyl (C=O) groups is 1. The number of hydrogen-bond acceptors (Lipinski definition) is 7. The topological polar surface area (TPSA) is 103 Å². The number of rotatable bonds is 7. The molecule has 2 aliphatic rings. The Bertz CT molecular complexity index is 1150. The first-order valence-corrected chi connectivity index (χ1v) is 12.7. The fraction of sp³-hybridized carbons (Fsp3) is 0.393. The minimum absolute atomic E-state index is 0.0209. The maximum absolute atomic E-state index is 12.9. The van der Waals surface area contributed by atoms with E-state index in [1.165, 1.54) is 0 Å². The molecule has 8 nitrogen and oxygen atoms in total. The van der Waals surface area contributed by atoms with Gasteiger partial charge in [0.2, 0.25) is 5.88 Å². The summed E-state index contributed by atoms with van der Waals surface area (Å²) in [6, 6.07) is 15.6. The van der Waals surface area contributed by atoms with Gasteiger partial charge in [0, 0.05) is 36.3 Å². The molecule has 0 spiro atoms. The Morgan fingerprint density at radius 2 is 1.67 bits per heavy atom. The van der Waals surface area contributed by atoms with Crippen molar-refractivity contribution in [3.63, 3.8) is 0 Å². The summed E-state index contributed by atoms with van der Waals surface area (Å²) in [4.78, 5) is 24.4. The number of morpholine rings is 1. The van der Waals surface area contributed by atoms with Gasteiger partial charge < -0.3 is 25.4 Å². The lowest BCUT2D eigenvalue weighted by atomic mass is 9.99. The Hall–Kier alpha value is -3.33. The van der Waals surface area contributed by atoms with Crippen LogP contribution in [0.15, 0.2) is 54.7 Å². The standard InChI is InChI=1S/C28H33N5O3/c29-17-20-1-3-22(4-2-20)26-27(32-25(18-31-26)36-19-21-9-11-30-12-10-21)23-5-7-24(8-6-23)28(34)33-13-15-35-16-14-33/h1-8,18,21,30H,9-17,19,29H2. The highest BCUT2D eigenvalue weighted by atomic mass is 16.5. The second-order valence-corrected chi connectivity index (χ2v) is 9.29. The molecule has 188 valence electrons. The third kappa shape index (κ3) is 5.73. The van der Waals surface area contributed by atoms with Crippen LogP contribution in [0, 0.1) is 5.92 Å². The Morgan fingerprint density at radius 1 is 1.00 bits per heavy atom. The molecule has 36 heavy (non-hydrogen) atoms. The van der Waals surface area contributed by atoms with Crippen molar-refractivity contribution in [2.24, 2.45) is 11.7 Å². The SMILES string of the molecule is NCc1ccc(-c2ncc(OCC3CCNCC3)nc2-c2ccc(C(=O)N3CCOCC3)cc2)cc1. The smallest absolute Gasteiger partial charge is 0.254 e. The van der Waals surface area contributed by atoms with Gasteiger partial charge in [-0.2, -0.15) is 0 Å². The van der Waals surface area contributed by atoms with Crippen molar-refractivity contribution < 1.29 is 14.3 Å². The molecule has 2 aliphatic heterocycles. The van der Waals surface area contributed by atoms with E-state index >= 15 is 0 Å². The summed E-state index contributed by atoms with van der Waals surface area (Å²) in [6.07, 6.45) is 3.90. The maximum Gasteiger partial charge on any atom is 0.254 e. The predicted octanol–water partition coefficient (Wildman–Crippen LogP) is 3.12. The zero-order valence-corrected chi connectivity index (χ0v) is 20.5. The second kappa shape index (κ2) is 11.6. The second-order valence-electron chi connectivity index (χ2n) is 9.29. The number of nitrogens with two attached hydrogens (primary N) is 1. The fourth-order valence-corrected chi connectivity index (χ4v) is 4.62. The molecule has 8 heteroatoms. The molecular weight excluding hydrogens is 454 g/mol. The third-order valence-electron chi connectivity index (χ3n) is 6.84. The third-order valence-corrected chi connectivity index (χ3v) is 6.84. The highest BCUT2D eigenvalue weighted by molar-refractivity contribution is 5.95. The molecule has 3 aromatic rings. The molecule has 2 saturated heterocycles. The van der Waals surface area contributed by atoms with Crippen molar-refractivity contribution in [3.8, 4) is 28.4 Å². The van der Waals surface area contributed by atoms with Gasteiger partial charge in [-0.1, -0.05) is 36.4 Å². The van der Waals surface area contributed by atoms with Crippen LogP contribution < -0.4 is 15.8 Å². The number of nitrogens with one attached hydrogen (secondary N) is 1. The van der Waals surface area contributed by atoms with E-state index < -0.39 is 0 Å². The molecule has 3 heterocycles. The van der Waals surface area contributed by atoms with Crippen LogP contribution in [0.3, 0.4) is 0 Å². The van der Waals surface area contributed by atoms with Gasteiger partial charge in [0.15, 0.2) is 0 Å². The first-order chi connectivity index (χ1) is 17.7. The van der Waals surface area contributed by atoms with E-state index in [2.05, 4.69) is 5.32 Å². The van der Waals surface area contributed by atoms with E-state index in [1.54, 1.807) is 6.20 Å². The Balaban J connectivity index is 1.42. The molecular formula is C28H33N5O3. The summed E-state index contributed by atoms with van der Waals surface area (Å²) in [5.74, 6) is 1.05. The molecule has 2 aromatic carbocycles. The summed E-state index contributed by atoms with van der Waals surface area (Å²) in [6.45, 7) is 5.56. The van der Waals surface area contributed by atoms with Gasteiger partial charge in [-0.25, -0.2) is 9.97 Å². The van der Waals surface area contributed by atoms with Gasteiger partial charge in [-0.05, 0) is 49.5 Å². The molecule has 0 radical (unpaired) electrons. The maximum atomic E-state index is 12.9. The quantitative estimate of drug-likeness (QED) is 0.528. The minimum Gasteiger partial charge on any atom is -0.476 e. The van der Waals surface area contributed by atoms with Crippen LogP contribution in [0.5, 0.6) is 5.88 Å². The number of amides is 1. The first-order valence-electron chi connectivity index (χ1n) is 12.7. The van der Waals surface area contributed by atoms with E-state index in [0.29, 0.717) is 56.8 Å². The van der Waals surface area contributed by atoms with Crippen molar-refractivity contribution in [3.05, 3.63) is 65.9 Å². The van der Waals surface area contributed by atoms with Crippen LogP contribution in [-0.4, -0.2) is 66.8 Å². The number of piperidine rings is 1. The zero-order valence-electron chi connectivity index (χ0n) is 20.5. The average Bonchev–Trinajstić information content (AvgIpc) is 2.97. The first kappa shape index (κ1) is 24.4. The lowest BCUT2D eigenvalue weighted by Gasteiger charge is -2.26. The van der Waals surface area contributed by atoms with E-state index in [4.69, 9.17) is 25.2 Å². The van der Waals surface area contributed by atoms with E-state index in [0.717, 1.165) is 54.0 Å². The Labute approximate surface area is 211 Å². The van der Waals surface area contributed by atoms with Crippen LogP contribution in [0.25, 0.3) is 22.5 Å². The van der Waals surface area contributed by atoms with Crippen molar-refractivity contribution in [2.75, 3.05) is 46.0 Å². The van der Waals surface area contributed by atoms with Crippen LogP contribution in [0.1, 0.15) is 28.8 Å². The molecule has 0 atom stereocenters. The summed E-state index contributed by atoms with van der Waals surface area (Å²) in [5, 5.41) is 3.39. The number of ether oxygens (including phenoxy) is 2. The van der Waals surface area contributed by atoms with Crippen LogP contribution in [0.4, 0.5) is 0 Å². The number of aromatic nitrogens is 2. The van der Waals surface area contributed by atoms with Crippen LogP contribution >= 0.6 is 0 Å². The van der Waals surface area contributed by atoms with Gasteiger partial charge in [-0.3, -0.25) is 4.79 Å². The Kier molecular flexibility index (Phi) is 7.85. The molecule has 0 saturated carbocycles. The lowest BCUT2D eigenvalue weighted by molar-refractivity contribution is 0.0303. The zero-order chi connectivity index (χ0) is 24.7. The summed E-state index contributed by atoms with van der Waals surface area (Å²) >= 11 is 0. The lowest BCUT2D eigenvalue weighted by Crippen LogP contribution is -2.40. The molecule has 0 aliphatic carbocycles. The van der Waals surface area contributed by atoms with Crippen molar-refractivity contribution in [2.45, 2.75) is 19.4 Å². The molecule has 1 amide bonds. The van der Waals surface area contributed by atoms with Gasteiger partial charge in [0.05, 0.1) is 31.7 Å². The van der Waals surface area contributed by atoms with Gasteiger partial charge >= 0.3 is 0 Å². The molecule has 3 N–H and O–H groups in total. The van der Waals surface area contributed by atoms with Gasteiger partial charge in [0.25, 0.3) is 5.91 Å². The minimum atomic E-state index is 0.0209. The molecule has 0 unspecified atom stereocenters. The molecule has 5 rings (SSSR count). The van der Waals surface area contributed by atoms with Crippen molar-refractivity contribution in [1.29, 1.82) is 0 Å². The average molecular weight is 488 g/mol. The highest BCUT2D eigenvalue weighted by Gasteiger charge is 2.20. The molecule has 2 fully saturated rings. The normalized spacial score (nSPS) is 16.6. The van der Waals surface area contributed by atoms with Gasteiger partial charge in [-0.15, -0.1) is 0 Å². The predicted molar refractivity (Wildman–Crippen MR) is 139 cm³/mol. The summed E-state index contributed by atoms with van der Waals surface area (Å²) in [7, 11) is 0. The summed E-state index contributed by atoms with van der Waals surface area (Å²) in [5.41, 5.74) is 10.8. The molecule has 1 aromatic heterocycles. The molecule has 0 bridgehead atoms. The Morgan fingerprint density at radius 3 is 2.36 bits per heavy atom. The highest BCUT2D eigenvalue weighted by Crippen LogP contribution is 2.31. The van der Waals surface area contributed by atoms with Crippen LogP contribution in [0.2, 0.25) is 0 Å². The van der Waals surface area contributed by atoms with E-state index in [9.17, 15) is 4.79 Å². The van der Waals surface area contributed by atoms with Crippen molar-refractivity contribution >= 4 is 5.91 Å². The van der Waals surface area contributed by atoms with Crippen LogP contribution in [-0.2, 0) is 11.3 Å². The largest absolute Gasteiger partial charge is 0.476 e. The number of benzene rings is 2.